The van der Waals surface area contributed by atoms with Crippen LogP contribution in [0.5, 0.6) is 0 Å². The predicted molar refractivity (Wildman–Crippen MR) is 211 cm³/mol. The van der Waals surface area contributed by atoms with Gasteiger partial charge in [0.15, 0.2) is 0 Å². The van der Waals surface area contributed by atoms with Gasteiger partial charge in [-0.05, 0) is 36.4 Å². The largest absolute Gasteiger partial charge is 3.00 e. The molecule has 6 aromatic heterocycles. The van der Waals surface area contributed by atoms with E-state index < -0.39 is 35.8 Å². The fraction of sp³-hybridized carbons (Fsp3) is 0.0233. The Morgan fingerprint density at radius 3 is 0.538 bits per heavy atom. The van der Waals surface area contributed by atoms with E-state index in [1.807, 2.05) is 36.4 Å². The van der Waals surface area contributed by atoms with Crippen molar-refractivity contribution in [2.45, 2.75) is 0 Å². The molecule has 9 rings (SSSR count). The average Bonchev–Trinajstić information content (AvgIpc) is 3.30. The first kappa shape index (κ1) is 57.1. The van der Waals surface area contributed by atoms with Gasteiger partial charge < -0.3 is 70.0 Å². The van der Waals surface area contributed by atoms with E-state index in [0.29, 0.717) is 0 Å². The molecule has 0 aliphatic rings. The third-order valence-electron chi connectivity index (χ3n) is 7.53. The first-order chi connectivity index (χ1) is 29.8. The molecule has 334 valence electrons. The SMILES string of the molecule is C[O-].O.O=C([O-])C(=O)[O-].O=C([O-])C(=O)[O-].O=C([O-])C(=O)[O-].[Ni+3].[Ta].c1cnc2c(c1)ccc1cccnc12.c1cnc2c(c1)ccc1cccnc12.c1cnc2c(c1)ccc1cccnc12. The fourth-order valence-corrected chi connectivity index (χ4v) is 5.04. The second-order valence-corrected chi connectivity index (χ2v) is 11.4. The van der Waals surface area contributed by atoms with Crippen molar-refractivity contribution >= 4 is 101 Å². The summed E-state index contributed by atoms with van der Waals surface area (Å²) < 4.78 is 0. The van der Waals surface area contributed by atoms with Gasteiger partial charge in [-0.2, -0.15) is 7.11 Å². The molecule has 0 saturated carbocycles. The maximum atomic E-state index is 8.93. The molecule has 0 fully saturated rings. The molecule has 2 radical (unpaired) electrons. The number of hydrogen-bond acceptors (Lipinski definition) is 19. The van der Waals surface area contributed by atoms with Gasteiger partial charge in [0.25, 0.3) is 0 Å². The van der Waals surface area contributed by atoms with Crippen LogP contribution in [0.25, 0.3) is 65.4 Å². The number of carbonyl (C=O) groups excluding carboxylic acids is 6. The monoisotopic (exact) mass is 1090 g/mol. The number of benzene rings is 3. The summed E-state index contributed by atoms with van der Waals surface area (Å²) in [6.45, 7) is 0. The number of aromatic nitrogens is 6. The minimum absolute atomic E-state index is 0. The molecule has 65 heavy (non-hydrogen) atoms. The summed E-state index contributed by atoms with van der Waals surface area (Å²) in [4.78, 5) is 79.6. The molecule has 0 atom stereocenters. The molecule has 0 bridgehead atoms. The minimum atomic E-state index is -2.19. The van der Waals surface area contributed by atoms with Crippen molar-refractivity contribution in [3.63, 3.8) is 0 Å². The Morgan fingerprint density at radius 2 is 0.431 bits per heavy atom. The average molecular weight is 1090 g/mol. The third-order valence-corrected chi connectivity index (χ3v) is 7.53. The van der Waals surface area contributed by atoms with Crippen molar-refractivity contribution < 1.29 is 109 Å². The maximum Gasteiger partial charge on any atom is 3.00 e. The molecule has 0 saturated heterocycles. The molecule has 0 amide bonds. The number of carboxylic acid groups (broad SMARTS) is 6. The van der Waals surface area contributed by atoms with E-state index in [2.05, 4.69) is 103 Å². The van der Waals surface area contributed by atoms with E-state index in [-0.39, 0.29) is 44.3 Å². The quantitative estimate of drug-likeness (QED) is 0.0792. The van der Waals surface area contributed by atoms with Crippen LogP contribution in [0.2, 0.25) is 0 Å². The van der Waals surface area contributed by atoms with Crippen LogP contribution >= 0.6 is 0 Å². The van der Waals surface area contributed by atoms with Crippen LogP contribution in [-0.2, 0) is 67.6 Å². The number of pyridine rings is 6. The van der Waals surface area contributed by atoms with E-state index >= 15 is 0 Å². The zero-order chi connectivity index (χ0) is 45.6. The fourth-order valence-electron chi connectivity index (χ4n) is 5.04. The maximum absolute atomic E-state index is 8.93. The molecule has 0 aliphatic heterocycles. The molecule has 0 unspecified atom stereocenters. The summed E-state index contributed by atoms with van der Waals surface area (Å²) in [5.41, 5.74) is 5.86. The second kappa shape index (κ2) is 29.4. The summed E-state index contributed by atoms with van der Waals surface area (Å²) in [7, 11) is 0.750. The Labute approximate surface area is 391 Å². The van der Waals surface area contributed by atoms with Crippen molar-refractivity contribution in [3.05, 3.63) is 146 Å². The number of carbonyl (C=O) groups is 6. The van der Waals surface area contributed by atoms with Gasteiger partial charge in [0.2, 0.25) is 0 Å². The molecule has 22 heteroatoms. The molecular formula is C43H29N6NiO14Ta-4. The van der Waals surface area contributed by atoms with Gasteiger partial charge in [0, 0.05) is 91.9 Å². The summed E-state index contributed by atoms with van der Waals surface area (Å²) in [6.07, 6.45) is 10.8. The minimum Gasteiger partial charge on any atom is -0.857 e. The van der Waals surface area contributed by atoms with Crippen LogP contribution in [0.1, 0.15) is 0 Å². The Kier molecular flexibility index (Phi) is 25.8. The van der Waals surface area contributed by atoms with E-state index in [4.69, 9.17) is 64.5 Å². The van der Waals surface area contributed by atoms with Gasteiger partial charge >= 0.3 is 16.5 Å². The smallest absolute Gasteiger partial charge is 0.857 e. The van der Waals surface area contributed by atoms with Crippen molar-refractivity contribution in [2.24, 2.45) is 0 Å². The number of carboxylic acids is 6. The molecular weight excluding hydrogens is 1060 g/mol. The number of nitrogens with zero attached hydrogens (tertiary/aromatic N) is 6. The first-order valence-electron chi connectivity index (χ1n) is 17.2. The Morgan fingerprint density at radius 1 is 0.308 bits per heavy atom. The number of rotatable bonds is 0. The van der Waals surface area contributed by atoms with Gasteiger partial charge in [-0.25, -0.2) is 0 Å². The van der Waals surface area contributed by atoms with Crippen LogP contribution in [-0.4, -0.2) is 78.3 Å². The number of fused-ring (bicyclic) bond motifs is 9. The molecule has 2 N–H and O–H groups in total. The van der Waals surface area contributed by atoms with E-state index in [1.165, 1.54) is 0 Å². The van der Waals surface area contributed by atoms with Crippen molar-refractivity contribution in [3.8, 4) is 0 Å². The normalized spacial score (nSPS) is 9.14. The molecule has 0 aliphatic carbocycles. The van der Waals surface area contributed by atoms with Crippen LogP contribution in [0, 0.1) is 0 Å². The molecule has 9 aromatic rings. The summed E-state index contributed by atoms with van der Waals surface area (Å²) in [5, 5.41) is 68.6. The van der Waals surface area contributed by atoms with Gasteiger partial charge in [-0.3, -0.25) is 29.9 Å². The first-order valence-corrected chi connectivity index (χ1v) is 17.2. The van der Waals surface area contributed by atoms with Crippen molar-refractivity contribution in [1.29, 1.82) is 0 Å². The topological polar surface area (TPSA) is 373 Å². The summed E-state index contributed by atoms with van der Waals surface area (Å²) in [6, 6.07) is 36.4. The zero-order valence-electron chi connectivity index (χ0n) is 33.1. The standard InChI is InChI=1S/3C12H8N2.3C2H2O4.CH3O.Ni.H2O.Ta/c3*1-3-9-5-6-10-4-2-8-14-12(10)11(9)13-7-1;3*3-1(4)2(5)6;1-2;;;/h3*1-8H;3*(H,3,4)(H,5,6);1H3;;1H2;/q;;;;;;-1;+3;;/p-6. The summed E-state index contributed by atoms with van der Waals surface area (Å²) in [5.74, 6) is -13.1. The van der Waals surface area contributed by atoms with E-state index in [0.717, 1.165) is 72.5 Å². The molecule has 0 spiro atoms. The van der Waals surface area contributed by atoms with Crippen LogP contribution in [0.3, 0.4) is 0 Å². The number of aliphatic carboxylic acids is 6. The van der Waals surface area contributed by atoms with Crippen LogP contribution < -0.4 is 35.7 Å². The zero-order valence-corrected chi connectivity index (χ0v) is 37.3. The second-order valence-electron chi connectivity index (χ2n) is 11.4. The van der Waals surface area contributed by atoms with Crippen molar-refractivity contribution in [2.75, 3.05) is 7.11 Å². The molecule has 6 heterocycles. The van der Waals surface area contributed by atoms with E-state index in [1.54, 1.807) is 37.2 Å². The number of hydrogen-bond donors (Lipinski definition) is 0. The van der Waals surface area contributed by atoms with Gasteiger partial charge in [0.1, 0.15) is 0 Å². The Balaban J connectivity index is 0.000000775. The Hall–Kier alpha value is -7.91. The van der Waals surface area contributed by atoms with Crippen molar-refractivity contribution in [1.82, 2.24) is 29.9 Å². The van der Waals surface area contributed by atoms with Crippen LogP contribution in [0.4, 0.5) is 0 Å². The summed E-state index contributed by atoms with van der Waals surface area (Å²) >= 11 is 0. The van der Waals surface area contributed by atoms with Gasteiger partial charge in [-0.15, -0.1) is 0 Å². The van der Waals surface area contributed by atoms with Gasteiger partial charge in [-0.1, -0.05) is 72.8 Å². The van der Waals surface area contributed by atoms with Crippen LogP contribution in [0.15, 0.2) is 146 Å². The van der Waals surface area contributed by atoms with E-state index in [9.17, 15) is 0 Å². The molecule has 20 nitrogen and oxygen atoms in total. The predicted octanol–water partition coefficient (Wildman–Crippen LogP) is -4.05. The Bertz CT molecular complexity index is 2500. The third kappa shape index (κ3) is 17.4. The van der Waals surface area contributed by atoms with Gasteiger partial charge in [0.05, 0.1) is 68.9 Å². The molecule has 3 aromatic carbocycles.